The highest BCUT2D eigenvalue weighted by Crippen LogP contribution is 2.26. The summed E-state index contributed by atoms with van der Waals surface area (Å²) in [7, 11) is 1.43. The lowest BCUT2D eigenvalue weighted by atomic mass is 10.0. The molecule has 0 spiro atoms. The number of methoxy groups -OCH3 is 1. The number of ether oxygens (including phenoxy) is 1. The van der Waals surface area contributed by atoms with Crippen molar-refractivity contribution in [3.63, 3.8) is 0 Å². The van der Waals surface area contributed by atoms with Crippen LogP contribution in [0.5, 0.6) is 0 Å². The molecule has 0 heterocycles. The number of carbonyl (C=O) groups excluding carboxylic acids is 1. The molecule has 5 nitrogen and oxygen atoms in total. The van der Waals surface area contributed by atoms with Gasteiger partial charge < -0.3 is 15.8 Å². The predicted molar refractivity (Wildman–Crippen MR) is 89.0 cm³/mol. The van der Waals surface area contributed by atoms with Gasteiger partial charge in [-0.05, 0) is 41.5 Å². The van der Waals surface area contributed by atoms with Crippen molar-refractivity contribution in [1.82, 2.24) is 0 Å². The third-order valence-corrected chi connectivity index (χ3v) is 3.15. The van der Waals surface area contributed by atoms with E-state index in [-0.39, 0.29) is 11.8 Å². The van der Waals surface area contributed by atoms with Crippen molar-refractivity contribution >= 4 is 23.2 Å². The molecule has 0 aliphatic rings. The number of carbonyl (C=O) groups is 1. The first-order valence-corrected chi connectivity index (χ1v) is 6.61. The number of benzene rings is 2. The van der Waals surface area contributed by atoms with Gasteiger partial charge in [0.05, 0.1) is 12.7 Å². The van der Waals surface area contributed by atoms with Gasteiger partial charge in [-0.1, -0.05) is 24.8 Å². The molecule has 4 N–H and O–H groups in total. The summed E-state index contributed by atoms with van der Waals surface area (Å²) < 4.78 is 4.93. The summed E-state index contributed by atoms with van der Waals surface area (Å²) in [5.74, 6) is -0.258. The largest absolute Gasteiger partial charge is 0.481 e. The number of rotatable bonds is 4. The minimum absolute atomic E-state index is 0.00969. The first-order chi connectivity index (χ1) is 10.5. The second-order valence-corrected chi connectivity index (χ2v) is 4.61. The molecule has 1 amide bonds. The number of hydrogen-bond acceptors (Lipinski definition) is 4. The van der Waals surface area contributed by atoms with Crippen LogP contribution >= 0.6 is 0 Å². The smallest absolute Gasteiger partial charge is 0.247 e. The Morgan fingerprint density at radius 3 is 2.68 bits per heavy atom. The van der Waals surface area contributed by atoms with Crippen LogP contribution in [0.1, 0.15) is 5.56 Å². The molecular formula is C17H17N3O2. The molecular weight excluding hydrogens is 278 g/mol. The quantitative estimate of drug-likeness (QED) is 0.350. The van der Waals surface area contributed by atoms with Crippen molar-refractivity contribution in [2.24, 2.45) is 0 Å². The van der Waals surface area contributed by atoms with Crippen molar-refractivity contribution < 1.29 is 9.53 Å². The summed E-state index contributed by atoms with van der Waals surface area (Å²) in [5.41, 5.74) is 9.32. The number of amides is 1. The average Bonchev–Trinajstić information content (AvgIpc) is 2.54. The van der Waals surface area contributed by atoms with E-state index in [2.05, 4.69) is 11.9 Å². The van der Waals surface area contributed by atoms with E-state index in [9.17, 15) is 4.79 Å². The molecule has 0 aliphatic carbocycles. The molecule has 0 unspecified atom stereocenters. The van der Waals surface area contributed by atoms with E-state index >= 15 is 0 Å². The molecule has 22 heavy (non-hydrogen) atoms. The summed E-state index contributed by atoms with van der Waals surface area (Å²) in [6.07, 6.45) is 1.22. The highest BCUT2D eigenvalue weighted by atomic mass is 16.5. The van der Waals surface area contributed by atoms with Crippen LogP contribution in [0.3, 0.4) is 0 Å². The van der Waals surface area contributed by atoms with Crippen LogP contribution in [-0.2, 0) is 9.53 Å². The van der Waals surface area contributed by atoms with Gasteiger partial charge in [-0.25, -0.2) is 0 Å². The Bertz CT molecular complexity index is 738. The van der Waals surface area contributed by atoms with Crippen LogP contribution in [0.25, 0.3) is 11.1 Å². The SMILES string of the molecule is C=CC(=O)Nc1cccc(-c2ccc(N)c(C(=N)OC)c2)c1. The maximum atomic E-state index is 11.4. The number of nitrogens with two attached hydrogens (primary N) is 1. The van der Waals surface area contributed by atoms with Crippen molar-refractivity contribution in [3.05, 3.63) is 60.7 Å². The lowest BCUT2D eigenvalue weighted by Crippen LogP contribution is -2.07. The number of nitrogen functional groups attached to an aromatic ring is 1. The van der Waals surface area contributed by atoms with Crippen LogP contribution in [0.2, 0.25) is 0 Å². The predicted octanol–water partition coefficient (Wildman–Crippen LogP) is 3.03. The molecule has 0 atom stereocenters. The maximum absolute atomic E-state index is 11.4. The molecule has 0 aromatic heterocycles. The van der Waals surface area contributed by atoms with Gasteiger partial charge in [0, 0.05) is 11.4 Å². The summed E-state index contributed by atoms with van der Waals surface area (Å²) >= 11 is 0. The van der Waals surface area contributed by atoms with Crippen LogP contribution in [-0.4, -0.2) is 18.9 Å². The van der Waals surface area contributed by atoms with E-state index < -0.39 is 0 Å². The molecule has 2 rings (SSSR count). The monoisotopic (exact) mass is 295 g/mol. The van der Waals surface area contributed by atoms with Gasteiger partial charge in [-0.15, -0.1) is 0 Å². The van der Waals surface area contributed by atoms with Crippen molar-refractivity contribution in [3.8, 4) is 11.1 Å². The minimum atomic E-state index is -0.267. The first-order valence-electron chi connectivity index (χ1n) is 6.61. The molecule has 112 valence electrons. The summed E-state index contributed by atoms with van der Waals surface area (Å²) in [6.45, 7) is 3.42. The molecule has 2 aromatic rings. The van der Waals surface area contributed by atoms with Gasteiger partial charge >= 0.3 is 0 Å². The van der Waals surface area contributed by atoms with E-state index in [1.165, 1.54) is 13.2 Å². The second-order valence-electron chi connectivity index (χ2n) is 4.61. The lowest BCUT2D eigenvalue weighted by molar-refractivity contribution is -0.111. The Morgan fingerprint density at radius 1 is 1.27 bits per heavy atom. The van der Waals surface area contributed by atoms with Crippen LogP contribution in [0.4, 0.5) is 11.4 Å². The third kappa shape index (κ3) is 3.32. The molecule has 2 aromatic carbocycles. The summed E-state index contributed by atoms with van der Waals surface area (Å²) in [5, 5.41) is 10.5. The van der Waals surface area contributed by atoms with Gasteiger partial charge in [0.15, 0.2) is 0 Å². The van der Waals surface area contributed by atoms with E-state index in [0.717, 1.165) is 11.1 Å². The summed E-state index contributed by atoms with van der Waals surface area (Å²) in [4.78, 5) is 11.4. The van der Waals surface area contributed by atoms with Gasteiger partial charge in [0.25, 0.3) is 0 Å². The van der Waals surface area contributed by atoms with Gasteiger partial charge in [-0.3, -0.25) is 10.2 Å². The van der Waals surface area contributed by atoms with E-state index in [1.807, 2.05) is 24.3 Å². The van der Waals surface area contributed by atoms with Gasteiger partial charge in [-0.2, -0.15) is 0 Å². The van der Waals surface area contributed by atoms with Crippen LogP contribution in [0, 0.1) is 5.41 Å². The molecule has 0 saturated carbocycles. The Morgan fingerprint density at radius 2 is 2.00 bits per heavy atom. The topological polar surface area (TPSA) is 88.2 Å². The van der Waals surface area contributed by atoms with E-state index in [4.69, 9.17) is 15.9 Å². The van der Waals surface area contributed by atoms with Crippen LogP contribution < -0.4 is 11.1 Å². The van der Waals surface area contributed by atoms with E-state index in [1.54, 1.807) is 18.2 Å². The average molecular weight is 295 g/mol. The molecule has 0 radical (unpaired) electrons. The standard InChI is InChI=1S/C17H17N3O2/c1-3-16(21)20-13-6-4-5-11(9-13)12-7-8-15(18)14(10-12)17(19)22-2/h3-10,19H,1,18H2,2H3,(H,20,21). The van der Waals surface area contributed by atoms with Gasteiger partial charge in [0.2, 0.25) is 11.8 Å². The number of hydrogen-bond donors (Lipinski definition) is 3. The molecule has 0 saturated heterocycles. The van der Waals surface area contributed by atoms with Crippen molar-refractivity contribution in [1.29, 1.82) is 5.41 Å². The fourth-order valence-electron chi connectivity index (χ4n) is 2.01. The first kappa shape index (κ1) is 15.3. The Balaban J connectivity index is 2.40. The Labute approximate surface area is 128 Å². The number of nitrogens with one attached hydrogen (secondary N) is 2. The van der Waals surface area contributed by atoms with Crippen molar-refractivity contribution in [2.45, 2.75) is 0 Å². The fourth-order valence-corrected chi connectivity index (χ4v) is 2.01. The fraction of sp³-hybridized carbons (Fsp3) is 0.0588. The normalized spacial score (nSPS) is 9.86. The van der Waals surface area contributed by atoms with Crippen molar-refractivity contribution in [2.75, 3.05) is 18.2 Å². The lowest BCUT2D eigenvalue weighted by Gasteiger charge is -2.10. The van der Waals surface area contributed by atoms with Crippen LogP contribution in [0.15, 0.2) is 55.1 Å². The number of anilines is 2. The zero-order valence-electron chi connectivity index (χ0n) is 12.2. The molecule has 0 aliphatic heterocycles. The van der Waals surface area contributed by atoms with E-state index in [0.29, 0.717) is 16.9 Å². The molecule has 0 bridgehead atoms. The highest BCUT2D eigenvalue weighted by Gasteiger charge is 2.09. The Hall–Kier alpha value is -3.08. The molecule has 5 heteroatoms. The molecule has 0 fully saturated rings. The zero-order chi connectivity index (χ0) is 16.1. The second kappa shape index (κ2) is 6.58. The zero-order valence-corrected chi connectivity index (χ0v) is 12.2. The Kier molecular flexibility index (Phi) is 4.58. The third-order valence-electron chi connectivity index (χ3n) is 3.15. The summed E-state index contributed by atoms with van der Waals surface area (Å²) in [6, 6.07) is 12.8. The van der Waals surface area contributed by atoms with Gasteiger partial charge in [0.1, 0.15) is 0 Å². The maximum Gasteiger partial charge on any atom is 0.247 e. The highest BCUT2D eigenvalue weighted by molar-refractivity contribution is 6.00. The minimum Gasteiger partial charge on any atom is -0.481 e.